The van der Waals surface area contributed by atoms with Crippen LogP contribution in [0.4, 0.5) is 15.8 Å². The third-order valence-corrected chi connectivity index (χ3v) is 3.30. The molecule has 0 saturated heterocycles. The lowest BCUT2D eigenvalue weighted by Gasteiger charge is -2.09. The van der Waals surface area contributed by atoms with E-state index in [2.05, 4.69) is 16.0 Å². The summed E-state index contributed by atoms with van der Waals surface area (Å²) in [6, 6.07) is 1.77. The number of terminal acetylenes is 1. The van der Waals surface area contributed by atoms with E-state index in [-0.39, 0.29) is 11.3 Å². The Morgan fingerprint density at radius 3 is 2.90 bits per heavy atom. The number of nitrogens with one attached hydrogen (secondary N) is 1. The number of carbonyl (C=O) groups is 1. The second kappa shape index (κ2) is 8.11. The summed E-state index contributed by atoms with van der Waals surface area (Å²) in [5, 5.41) is 13.7. The minimum absolute atomic E-state index is 0.0584. The lowest BCUT2D eigenvalue weighted by Crippen LogP contribution is -2.10. The minimum Gasteiger partial charge on any atom is -0.465 e. The first-order valence-electron chi connectivity index (χ1n) is 5.82. The van der Waals surface area contributed by atoms with Gasteiger partial charge >= 0.3 is 5.97 Å². The number of rotatable bonds is 7. The highest BCUT2D eigenvalue weighted by Gasteiger charge is 2.22. The molecule has 6 nitrogen and oxygen atoms in total. The summed E-state index contributed by atoms with van der Waals surface area (Å²) in [4.78, 5) is 21.6. The smallest absolute Gasteiger partial charge is 0.340 e. The zero-order chi connectivity index (χ0) is 15.8. The van der Waals surface area contributed by atoms with Gasteiger partial charge in [0.15, 0.2) is 0 Å². The van der Waals surface area contributed by atoms with E-state index in [1.807, 2.05) is 0 Å². The second-order valence-corrected chi connectivity index (χ2v) is 4.89. The van der Waals surface area contributed by atoms with Gasteiger partial charge in [0.2, 0.25) is 0 Å². The standard InChI is InChI=1S/C13H13FN2O4S/c1-3-5-21-6-4-15-11-7-9(13(17)20-2)10(14)8-12(11)16(18)19/h1,7-8,15H,4-6H2,2H3. The van der Waals surface area contributed by atoms with Crippen LogP contribution in [0, 0.1) is 28.3 Å². The molecule has 1 aromatic carbocycles. The summed E-state index contributed by atoms with van der Waals surface area (Å²) in [7, 11) is 1.10. The number of esters is 1. The molecule has 112 valence electrons. The number of anilines is 1. The van der Waals surface area contributed by atoms with Crippen molar-refractivity contribution in [1.82, 2.24) is 0 Å². The van der Waals surface area contributed by atoms with Crippen molar-refractivity contribution in [1.29, 1.82) is 0 Å². The molecule has 21 heavy (non-hydrogen) atoms. The van der Waals surface area contributed by atoms with Crippen LogP contribution in [0.3, 0.4) is 0 Å². The maximum Gasteiger partial charge on any atom is 0.340 e. The van der Waals surface area contributed by atoms with Gasteiger partial charge in [0.25, 0.3) is 5.69 Å². The van der Waals surface area contributed by atoms with Gasteiger partial charge < -0.3 is 10.1 Å². The maximum atomic E-state index is 13.7. The summed E-state index contributed by atoms with van der Waals surface area (Å²) >= 11 is 1.47. The Labute approximate surface area is 125 Å². The van der Waals surface area contributed by atoms with Crippen molar-refractivity contribution in [2.45, 2.75) is 0 Å². The molecule has 0 fully saturated rings. The lowest BCUT2D eigenvalue weighted by molar-refractivity contribution is -0.384. The summed E-state index contributed by atoms with van der Waals surface area (Å²) < 4.78 is 18.1. The van der Waals surface area contributed by atoms with Crippen molar-refractivity contribution in [3.05, 3.63) is 33.6 Å². The number of halogens is 1. The number of benzene rings is 1. The molecule has 8 heteroatoms. The molecule has 0 amide bonds. The number of hydrogen-bond acceptors (Lipinski definition) is 6. The maximum absolute atomic E-state index is 13.7. The van der Waals surface area contributed by atoms with E-state index in [1.165, 1.54) is 11.8 Å². The Balaban J connectivity index is 2.95. The van der Waals surface area contributed by atoms with Gasteiger partial charge in [0.1, 0.15) is 11.5 Å². The molecule has 1 N–H and O–H groups in total. The number of nitro benzene ring substituents is 1. The van der Waals surface area contributed by atoms with Crippen molar-refractivity contribution >= 4 is 29.1 Å². The Morgan fingerprint density at radius 2 is 2.33 bits per heavy atom. The number of carbonyl (C=O) groups excluding carboxylic acids is 1. The molecule has 1 rings (SSSR count). The zero-order valence-corrected chi connectivity index (χ0v) is 12.0. The minimum atomic E-state index is -0.999. The average Bonchev–Trinajstić information content (AvgIpc) is 2.47. The van der Waals surface area contributed by atoms with E-state index in [1.54, 1.807) is 0 Å². The van der Waals surface area contributed by atoms with Crippen LogP contribution in [0.1, 0.15) is 10.4 Å². The van der Waals surface area contributed by atoms with Crippen molar-refractivity contribution in [2.24, 2.45) is 0 Å². The van der Waals surface area contributed by atoms with Crippen molar-refractivity contribution in [2.75, 3.05) is 30.5 Å². The fraction of sp³-hybridized carbons (Fsp3) is 0.308. The van der Waals surface area contributed by atoms with Gasteiger partial charge in [0.05, 0.1) is 29.4 Å². The molecule has 0 aromatic heterocycles. The quantitative estimate of drug-likeness (QED) is 0.273. The number of methoxy groups -OCH3 is 1. The predicted octanol–water partition coefficient (Wildman–Crippen LogP) is 2.30. The molecule has 0 saturated carbocycles. The average molecular weight is 312 g/mol. The number of nitrogens with zero attached hydrogens (tertiary/aromatic N) is 1. The fourth-order valence-corrected chi connectivity index (χ4v) is 2.02. The van der Waals surface area contributed by atoms with E-state index < -0.39 is 22.4 Å². The van der Waals surface area contributed by atoms with E-state index in [4.69, 9.17) is 6.42 Å². The van der Waals surface area contributed by atoms with Gasteiger partial charge in [-0.1, -0.05) is 5.92 Å². The van der Waals surface area contributed by atoms with Crippen LogP contribution in [-0.4, -0.2) is 36.1 Å². The summed E-state index contributed by atoms with van der Waals surface area (Å²) in [5.41, 5.74) is -0.743. The van der Waals surface area contributed by atoms with Crippen molar-refractivity contribution in [3.8, 4) is 12.3 Å². The highest BCUT2D eigenvalue weighted by atomic mass is 32.2. The number of thioether (sulfide) groups is 1. The number of nitro groups is 1. The molecule has 0 aliphatic rings. The summed E-state index contributed by atoms with van der Waals surface area (Å²) in [5.74, 6) is 1.70. The summed E-state index contributed by atoms with van der Waals surface area (Å²) in [6.45, 7) is 0.388. The first-order chi connectivity index (χ1) is 10.0. The molecule has 1 aromatic rings. The lowest BCUT2D eigenvalue weighted by atomic mass is 10.1. The molecule has 0 heterocycles. The molecule has 0 spiro atoms. The van der Waals surface area contributed by atoms with Gasteiger partial charge in [-0.25, -0.2) is 9.18 Å². The molecular weight excluding hydrogens is 299 g/mol. The predicted molar refractivity (Wildman–Crippen MR) is 79.0 cm³/mol. The van der Waals surface area contributed by atoms with Crippen LogP contribution in [-0.2, 0) is 4.74 Å². The van der Waals surface area contributed by atoms with Crippen LogP contribution >= 0.6 is 11.8 Å². The molecule has 0 unspecified atom stereocenters. The topological polar surface area (TPSA) is 81.5 Å². The highest BCUT2D eigenvalue weighted by molar-refractivity contribution is 7.99. The third-order valence-electron chi connectivity index (χ3n) is 2.43. The molecule has 0 aliphatic carbocycles. The SMILES string of the molecule is C#CCSCCNc1cc(C(=O)OC)c(F)cc1[N+](=O)[O-]. The van der Waals surface area contributed by atoms with E-state index >= 15 is 0 Å². The van der Waals surface area contributed by atoms with E-state index in [0.717, 1.165) is 13.2 Å². The van der Waals surface area contributed by atoms with Crippen LogP contribution in [0.2, 0.25) is 0 Å². The Hall–Kier alpha value is -2.27. The van der Waals surface area contributed by atoms with Crippen LogP contribution < -0.4 is 5.32 Å². The number of hydrogen-bond donors (Lipinski definition) is 1. The van der Waals surface area contributed by atoms with Gasteiger partial charge in [-0.2, -0.15) is 0 Å². The van der Waals surface area contributed by atoms with Crippen LogP contribution in [0.15, 0.2) is 12.1 Å². The number of ether oxygens (including phenoxy) is 1. The van der Waals surface area contributed by atoms with Crippen molar-refractivity contribution in [3.63, 3.8) is 0 Å². The van der Waals surface area contributed by atoms with Gasteiger partial charge in [-0.05, 0) is 6.07 Å². The Kier molecular flexibility index (Phi) is 6.49. The second-order valence-electron chi connectivity index (χ2n) is 3.78. The first kappa shape index (κ1) is 16.8. The third kappa shape index (κ3) is 4.65. The highest BCUT2D eigenvalue weighted by Crippen LogP contribution is 2.28. The van der Waals surface area contributed by atoms with Gasteiger partial charge in [-0.3, -0.25) is 10.1 Å². The van der Waals surface area contributed by atoms with Crippen LogP contribution in [0.25, 0.3) is 0 Å². The van der Waals surface area contributed by atoms with Gasteiger partial charge in [0, 0.05) is 12.3 Å². The summed E-state index contributed by atoms with van der Waals surface area (Å²) in [6.07, 6.45) is 5.10. The first-order valence-corrected chi connectivity index (χ1v) is 6.98. The van der Waals surface area contributed by atoms with Crippen molar-refractivity contribution < 1.29 is 18.8 Å². The molecule has 0 aliphatic heterocycles. The largest absolute Gasteiger partial charge is 0.465 e. The molecular formula is C13H13FN2O4S. The molecule has 0 bridgehead atoms. The van der Waals surface area contributed by atoms with Crippen LogP contribution in [0.5, 0.6) is 0 Å². The Bertz CT molecular complexity index is 586. The zero-order valence-electron chi connectivity index (χ0n) is 11.2. The van der Waals surface area contributed by atoms with E-state index in [9.17, 15) is 19.3 Å². The van der Waals surface area contributed by atoms with E-state index in [0.29, 0.717) is 24.1 Å². The Morgan fingerprint density at radius 1 is 1.62 bits per heavy atom. The molecule has 0 radical (unpaired) electrons. The normalized spacial score (nSPS) is 9.76. The fourth-order valence-electron chi connectivity index (χ4n) is 1.51. The monoisotopic (exact) mass is 312 g/mol. The van der Waals surface area contributed by atoms with Gasteiger partial charge in [-0.15, -0.1) is 18.2 Å². The molecule has 0 atom stereocenters.